The van der Waals surface area contributed by atoms with Crippen LogP contribution < -0.4 is 5.73 Å². The Hall–Kier alpha value is -1.69. The zero-order valence-corrected chi connectivity index (χ0v) is 13.0. The number of nitrogen functional groups attached to an aromatic ring is 1. The molecule has 0 atom stereocenters. The minimum atomic E-state index is -0.460. The second kappa shape index (κ2) is 5.75. The zero-order valence-electron chi connectivity index (χ0n) is 11.4. The molecule has 0 aliphatic carbocycles. The summed E-state index contributed by atoms with van der Waals surface area (Å²) in [5.74, 6) is -0.633. The third-order valence-electron chi connectivity index (χ3n) is 3.14. The number of benzene rings is 1. The first-order valence-corrected chi connectivity index (χ1v) is 7.19. The molecule has 0 aliphatic rings. The number of rotatable bonds is 4. The predicted molar refractivity (Wildman–Crippen MR) is 81.0 cm³/mol. The SMILES string of the molecule is CCc1cc(CC)n(-c2ccc(C(=N)N)c(Br)c2F)n1. The van der Waals surface area contributed by atoms with Crippen molar-refractivity contribution >= 4 is 21.8 Å². The summed E-state index contributed by atoms with van der Waals surface area (Å²) in [4.78, 5) is 0. The number of nitrogens with zero attached hydrogens (tertiary/aromatic N) is 2. The smallest absolute Gasteiger partial charge is 0.163 e. The van der Waals surface area contributed by atoms with Crippen molar-refractivity contribution in [1.29, 1.82) is 5.41 Å². The summed E-state index contributed by atoms with van der Waals surface area (Å²) in [6, 6.07) is 5.20. The maximum Gasteiger partial charge on any atom is 0.163 e. The zero-order chi connectivity index (χ0) is 14.9. The maximum absolute atomic E-state index is 14.5. The molecule has 1 aromatic heterocycles. The monoisotopic (exact) mass is 338 g/mol. The predicted octanol–water partition coefficient (Wildman–Crippen LogP) is 3.18. The molecule has 0 saturated heterocycles. The molecule has 0 amide bonds. The number of hydrogen-bond acceptors (Lipinski definition) is 2. The highest BCUT2D eigenvalue weighted by molar-refractivity contribution is 9.10. The van der Waals surface area contributed by atoms with Gasteiger partial charge in [-0.25, -0.2) is 9.07 Å². The lowest BCUT2D eigenvalue weighted by Gasteiger charge is -2.11. The average Bonchev–Trinajstić information content (AvgIpc) is 2.84. The highest BCUT2D eigenvalue weighted by Gasteiger charge is 2.17. The van der Waals surface area contributed by atoms with Crippen molar-refractivity contribution in [3.63, 3.8) is 0 Å². The molecule has 0 bridgehead atoms. The van der Waals surface area contributed by atoms with Crippen LogP contribution in [0.4, 0.5) is 4.39 Å². The Balaban J connectivity index is 2.62. The molecule has 20 heavy (non-hydrogen) atoms. The molecule has 106 valence electrons. The van der Waals surface area contributed by atoms with Crippen molar-refractivity contribution in [2.24, 2.45) is 5.73 Å². The van der Waals surface area contributed by atoms with E-state index in [1.165, 1.54) is 0 Å². The molecule has 0 spiro atoms. The highest BCUT2D eigenvalue weighted by atomic mass is 79.9. The Morgan fingerprint density at radius 3 is 2.65 bits per heavy atom. The van der Waals surface area contributed by atoms with Crippen LogP contribution in [0.25, 0.3) is 5.69 Å². The molecule has 2 aromatic rings. The first-order valence-electron chi connectivity index (χ1n) is 6.40. The van der Waals surface area contributed by atoms with Crippen LogP contribution >= 0.6 is 15.9 Å². The number of halogens is 2. The lowest BCUT2D eigenvalue weighted by molar-refractivity contribution is 0.599. The van der Waals surface area contributed by atoms with Crippen LogP contribution in [0.1, 0.15) is 30.8 Å². The van der Waals surface area contributed by atoms with Gasteiger partial charge in [0, 0.05) is 11.3 Å². The summed E-state index contributed by atoms with van der Waals surface area (Å²) in [6.45, 7) is 4.01. The van der Waals surface area contributed by atoms with E-state index in [2.05, 4.69) is 21.0 Å². The topological polar surface area (TPSA) is 67.7 Å². The molecule has 2 rings (SSSR count). The third-order valence-corrected chi connectivity index (χ3v) is 3.91. The molecule has 1 heterocycles. The molecule has 0 aliphatic heterocycles. The van der Waals surface area contributed by atoms with Gasteiger partial charge in [0.1, 0.15) is 11.5 Å². The Morgan fingerprint density at radius 2 is 2.10 bits per heavy atom. The fourth-order valence-corrected chi connectivity index (χ4v) is 2.57. The van der Waals surface area contributed by atoms with E-state index in [0.29, 0.717) is 11.3 Å². The van der Waals surface area contributed by atoms with Crippen LogP contribution in [0.5, 0.6) is 0 Å². The van der Waals surface area contributed by atoms with Gasteiger partial charge in [-0.15, -0.1) is 0 Å². The molecule has 0 radical (unpaired) electrons. The minimum Gasteiger partial charge on any atom is -0.384 e. The molecule has 4 nitrogen and oxygen atoms in total. The fourth-order valence-electron chi connectivity index (χ4n) is 2.02. The molecule has 0 fully saturated rings. The third kappa shape index (κ3) is 2.47. The standard InChI is InChI=1S/C14H16BrFN4/c1-3-8-7-9(4-2)20(19-8)11-6-5-10(14(17)18)12(15)13(11)16/h5-7H,3-4H2,1-2H3,(H3,17,18). The normalized spacial score (nSPS) is 10.8. The largest absolute Gasteiger partial charge is 0.384 e. The summed E-state index contributed by atoms with van der Waals surface area (Å²) in [5, 5.41) is 11.8. The number of hydrogen-bond donors (Lipinski definition) is 2. The van der Waals surface area contributed by atoms with Crippen molar-refractivity contribution in [2.45, 2.75) is 26.7 Å². The van der Waals surface area contributed by atoms with Crippen molar-refractivity contribution in [2.75, 3.05) is 0 Å². The summed E-state index contributed by atoms with van der Waals surface area (Å²) in [5.41, 5.74) is 7.99. The average molecular weight is 339 g/mol. The van der Waals surface area contributed by atoms with Crippen LogP contribution in [0.3, 0.4) is 0 Å². The van der Waals surface area contributed by atoms with Gasteiger partial charge in [0.15, 0.2) is 5.82 Å². The number of aromatic nitrogens is 2. The van der Waals surface area contributed by atoms with Gasteiger partial charge in [0.05, 0.1) is 10.2 Å². The van der Waals surface area contributed by atoms with Gasteiger partial charge in [0.25, 0.3) is 0 Å². The van der Waals surface area contributed by atoms with E-state index in [1.54, 1.807) is 16.8 Å². The van der Waals surface area contributed by atoms with Crippen LogP contribution in [-0.4, -0.2) is 15.6 Å². The van der Waals surface area contributed by atoms with Gasteiger partial charge >= 0.3 is 0 Å². The summed E-state index contributed by atoms with van der Waals surface area (Å²) >= 11 is 3.16. The van der Waals surface area contributed by atoms with Gasteiger partial charge < -0.3 is 5.73 Å². The van der Waals surface area contributed by atoms with Gasteiger partial charge in [-0.05, 0) is 47.0 Å². The number of nitrogens with two attached hydrogens (primary N) is 1. The van der Waals surface area contributed by atoms with Crippen molar-refractivity contribution in [3.8, 4) is 5.69 Å². The van der Waals surface area contributed by atoms with Gasteiger partial charge in [-0.3, -0.25) is 5.41 Å². The van der Waals surface area contributed by atoms with E-state index in [-0.39, 0.29) is 10.3 Å². The molecule has 0 unspecified atom stereocenters. The van der Waals surface area contributed by atoms with E-state index in [0.717, 1.165) is 24.2 Å². The Morgan fingerprint density at radius 1 is 1.40 bits per heavy atom. The van der Waals surface area contributed by atoms with Crippen molar-refractivity contribution < 1.29 is 4.39 Å². The van der Waals surface area contributed by atoms with Crippen LogP contribution in [0.15, 0.2) is 22.7 Å². The second-order valence-electron chi connectivity index (χ2n) is 4.42. The van der Waals surface area contributed by atoms with Gasteiger partial charge in [0.2, 0.25) is 0 Å². The Labute approximate surface area is 125 Å². The molecule has 0 saturated carbocycles. The maximum atomic E-state index is 14.5. The Kier molecular flexibility index (Phi) is 4.23. The van der Waals surface area contributed by atoms with Crippen LogP contribution in [-0.2, 0) is 12.8 Å². The first kappa shape index (κ1) is 14.7. The van der Waals surface area contributed by atoms with E-state index in [9.17, 15) is 4.39 Å². The van der Waals surface area contributed by atoms with Gasteiger partial charge in [-0.1, -0.05) is 13.8 Å². The number of aryl methyl sites for hydroxylation is 2. The molecule has 6 heteroatoms. The lowest BCUT2D eigenvalue weighted by Crippen LogP contribution is -2.14. The van der Waals surface area contributed by atoms with Crippen LogP contribution in [0.2, 0.25) is 0 Å². The van der Waals surface area contributed by atoms with E-state index >= 15 is 0 Å². The molecular weight excluding hydrogens is 323 g/mol. The number of amidine groups is 1. The second-order valence-corrected chi connectivity index (χ2v) is 5.21. The lowest BCUT2D eigenvalue weighted by atomic mass is 10.1. The fraction of sp³-hybridized carbons (Fsp3) is 0.286. The van der Waals surface area contributed by atoms with E-state index < -0.39 is 5.82 Å². The molecular formula is C14H16BrFN4. The first-order chi connectivity index (χ1) is 9.49. The van der Waals surface area contributed by atoms with E-state index in [4.69, 9.17) is 11.1 Å². The van der Waals surface area contributed by atoms with Crippen molar-refractivity contribution in [3.05, 3.63) is 45.4 Å². The van der Waals surface area contributed by atoms with E-state index in [1.807, 2.05) is 19.9 Å². The minimum absolute atomic E-state index is 0.173. The highest BCUT2D eigenvalue weighted by Crippen LogP contribution is 2.27. The summed E-state index contributed by atoms with van der Waals surface area (Å²) < 4.78 is 16.3. The quantitative estimate of drug-likeness (QED) is 0.664. The Bertz CT molecular complexity index is 663. The number of nitrogens with one attached hydrogen (secondary N) is 1. The summed E-state index contributed by atoms with van der Waals surface area (Å²) in [6.07, 6.45) is 1.56. The molecule has 1 aromatic carbocycles. The molecule has 3 N–H and O–H groups in total. The summed E-state index contributed by atoms with van der Waals surface area (Å²) in [7, 11) is 0. The van der Waals surface area contributed by atoms with Gasteiger partial charge in [-0.2, -0.15) is 5.10 Å². The van der Waals surface area contributed by atoms with Crippen molar-refractivity contribution in [1.82, 2.24) is 9.78 Å². The van der Waals surface area contributed by atoms with Crippen LogP contribution in [0, 0.1) is 11.2 Å².